The molecule has 1 N–H and O–H groups in total. The molecule has 1 aromatic carbocycles. The van der Waals surface area contributed by atoms with E-state index in [1.807, 2.05) is 18.7 Å². The van der Waals surface area contributed by atoms with Crippen molar-refractivity contribution in [3.8, 4) is 0 Å². The first-order valence-electron chi connectivity index (χ1n) is 6.98. The van der Waals surface area contributed by atoms with Gasteiger partial charge in [0.1, 0.15) is 5.54 Å². The van der Waals surface area contributed by atoms with E-state index in [9.17, 15) is 4.79 Å². The highest BCUT2D eigenvalue weighted by Crippen LogP contribution is 2.22. The minimum absolute atomic E-state index is 0.189. The number of hydrogen-bond donors (Lipinski definition) is 1. The van der Waals surface area contributed by atoms with Gasteiger partial charge in [-0.25, -0.2) is 0 Å². The molecule has 0 radical (unpaired) electrons. The number of esters is 1. The molecule has 0 aliphatic heterocycles. The number of ether oxygens (including phenoxy) is 1. The molecule has 1 atom stereocenters. The number of benzene rings is 1. The van der Waals surface area contributed by atoms with Crippen molar-refractivity contribution in [3.63, 3.8) is 0 Å². The van der Waals surface area contributed by atoms with Gasteiger partial charge in [0.05, 0.1) is 7.11 Å². The van der Waals surface area contributed by atoms with E-state index in [0.717, 1.165) is 25.0 Å². The van der Waals surface area contributed by atoms with Crippen LogP contribution in [0.25, 0.3) is 0 Å². The highest BCUT2D eigenvalue weighted by atomic mass is 32.2. The van der Waals surface area contributed by atoms with Gasteiger partial charge in [0.2, 0.25) is 0 Å². The highest BCUT2D eigenvalue weighted by Gasteiger charge is 2.31. The van der Waals surface area contributed by atoms with E-state index in [1.54, 1.807) is 7.05 Å². The van der Waals surface area contributed by atoms with Crippen LogP contribution in [0.4, 0.5) is 0 Å². The minimum Gasteiger partial charge on any atom is -0.468 e. The van der Waals surface area contributed by atoms with E-state index in [2.05, 4.69) is 36.5 Å². The molecule has 1 rings (SSSR count). The third-order valence-electron chi connectivity index (χ3n) is 3.52. The second kappa shape index (κ2) is 8.32. The number of carbonyl (C=O) groups is 1. The quantitative estimate of drug-likeness (QED) is 0.453. The molecule has 0 fully saturated rings. The maximum atomic E-state index is 11.7. The smallest absolute Gasteiger partial charge is 0.325 e. The first-order valence-corrected chi connectivity index (χ1v) is 7.97. The van der Waals surface area contributed by atoms with Gasteiger partial charge in [0.15, 0.2) is 0 Å². The Kier molecular flexibility index (Phi) is 7.10. The Morgan fingerprint density at radius 1 is 1.40 bits per heavy atom. The van der Waals surface area contributed by atoms with Gasteiger partial charge in [0.25, 0.3) is 0 Å². The van der Waals surface area contributed by atoms with Crippen LogP contribution < -0.4 is 5.32 Å². The number of methoxy groups -OCH3 is 1. The summed E-state index contributed by atoms with van der Waals surface area (Å²) in [6.07, 6.45) is 2.89. The molecule has 0 spiro atoms. The van der Waals surface area contributed by atoms with E-state index < -0.39 is 5.54 Å². The predicted molar refractivity (Wildman–Crippen MR) is 85.2 cm³/mol. The van der Waals surface area contributed by atoms with Crippen LogP contribution in [0, 0.1) is 6.92 Å². The summed E-state index contributed by atoms with van der Waals surface area (Å²) in [7, 11) is 3.24. The molecule has 112 valence electrons. The van der Waals surface area contributed by atoms with E-state index in [4.69, 9.17) is 4.74 Å². The Bertz CT molecular complexity index is 436. The number of hydrogen-bond acceptors (Lipinski definition) is 4. The van der Waals surface area contributed by atoms with Crippen LogP contribution in [0.1, 0.15) is 31.7 Å². The fourth-order valence-electron chi connectivity index (χ4n) is 2.03. The first kappa shape index (κ1) is 17.1. The molecule has 1 unspecified atom stereocenters. The second-order valence-corrected chi connectivity index (χ2v) is 6.36. The summed E-state index contributed by atoms with van der Waals surface area (Å²) in [6, 6.07) is 8.55. The summed E-state index contributed by atoms with van der Waals surface area (Å²) in [6.45, 7) is 4.01. The topological polar surface area (TPSA) is 38.3 Å². The average Bonchev–Trinajstić information content (AvgIpc) is 2.45. The first-order chi connectivity index (χ1) is 9.51. The molecule has 3 nitrogen and oxygen atoms in total. The fourth-order valence-corrected chi connectivity index (χ4v) is 3.06. The van der Waals surface area contributed by atoms with Crippen LogP contribution in [-0.4, -0.2) is 31.4 Å². The van der Waals surface area contributed by atoms with Gasteiger partial charge in [-0.15, -0.1) is 11.8 Å². The summed E-state index contributed by atoms with van der Waals surface area (Å²) >= 11 is 1.87. The van der Waals surface area contributed by atoms with Crippen LogP contribution in [0.2, 0.25) is 0 Å². The van der Waals surface area contributed by atoms with Gasteiger partial charge in [-0.3, -0.25) is 4.79 Å². The van der Waals surface area contributed by atoms with Crippen molar-refractivity contribution in [2.24, 2.45) is 0 Å². The molecule has 0 aliphatic carbocycles. The number of rotatable bonds is 8. The molecular weight excluding hydrogens is 270 g/mol. The molecule has 0 aliphatic rings. The largest absolute Gasteiger partial charge is 0.468 e. The third-order valence-corrected chi connectivity index (χ3v) is 4.60. The lowest BCUT2D eigenvalue weighted by atomic mass is 9.95. The van der Waals surface area contributed by atoms with Crippen molar-refractivity contribution in [2.45, 2.75) is 43.5 Å². The van der Waals surface area contributed by atoms with E-state index in [1.165, 1.54) is 17.6 Å². The van der Waals surface area contributed by atoms with Crippen LogP contribution in [0.5, 0.6) is 0 Å². The van der Waals surface area contributed by atoms with Crippen LogP contribution >= 0.6 is 11.8 Å². The number of aryl methyl sites for hydroxylation is 1. The van der Waals surface area contributed by atoms with Crippen molar-refractivity contribution in [3.05, 3.63) is 29.8 Å². The normalized spacial score (nSPS) is 13.8. The fraction of sp³-hybridized carbons (Fsp3) is 0.562. The number of thioether (sulfide) groups is 1. The van der Waals surface area contributed by atoms with Gasteiger partial charge in [0, 0.05) is 4.90 Å². The van der Waals surface area contributed by atoms with Crippen molar-refractivity contribution in [1.29, 1.82) is 0 Å². The molecule has 0 amide bonds. The lowest BCUT2D eigenvalue weighted by molar-refractivity contribution is -0.148. The Hall–Kier alpha value is -1.00. The van der Waals surface area contributed by atoms with Crippen LogP contribution in [0.15, 0.2) is 29.2 Å². The minimum atomic E-state index is -0.567. The van der Waals surface area contributed by atoms with Gasteiger partial charge < -0.3 is 10.1 Å². The van der Waals surface area contributed by atoms with Crippen molar-refractivity contribution in [1.82, 2.24) is 5.32 Å². The summed E-state index contributed by atoms with van der Waals surface area (Å²) in [5.41, 5.74) is 0.728. The summed E-state index contributed by atoms with van der Waals surface area (Å²) in [5, 5.41) is 3.06. The van der Waals surface area contributed by atoms with Crippen molar-refractivity contribution in [2.75, 3.05) is 19.9 Å². The average molecular weight is 295 g/mol. The Morgan fingerprint density at radius 2 is 2.15 bits per heavy atom. The number of likely N-dealkylation sites (N-methyl/N-ethyl adjacent to an activating group) is 1. The maximum absolute atomic E-state index is 11.7. The van der Waals surface area contributed by atoms with E-state index in [-0.39, 0.29) is 5.97 Å². The zero-order chi connectivity index (χ0) is 15.0. The number of nitrogens with one attached hydrogen (secondary N) is 1. The molecule has 0 saturated carbocycles. The SMILES string of the molecule is CNC(C)(CCCCSc1cccc(C)c1)C(=O)OC. The highest BCUT2D eigenvalue weighted by molar-refractivity contribution is 7.99. The molecule has 0 saturated heterocycles. The zero-order valence-electron chi connectivity index (χ0n) is 12.9. The van der Waals surface area contributed by atoms with Gasteiger partial charge >= 0.3 is 5.97 Å². The zero-order valence-corrected chi connectivity index (χ0v) is 13.7. The van der Waals surface area contributed by atoms with E-state index in [0.29, 0.717) is 0 Å². The maximum Gasteiger partial charge on any atom is 0.325 e. The van der Waals surface area contributed by atoms with Crippen LogP contribution in [0.3, 0.4) is 0 Å². The number of carbonyl (C=O) groups excluding carboxylic acids is 1. The molecule has 20 heavy (non-hydrogen) atoms. The molecule has 1 aromatic rings. The Balaban J connectivity index is 2.29. The Morgan fingerprint density at radius 3 is 2.75 bits per heavy atom. The van der Waals surface area contributed by atoms with Gasteiger partial charge in [-0.05, 0) is 51.6 Å². The lowest BCUT2D eigenvalue weighted by Crippen LogP contribution is -2.48. The summed E-state index contributed by atoms with van der Waals surface area (Å²) in [5.74, 6) is 0.885. The molecule has 0 bridgehead atoms. The monoisotopic (exact) mass is 295 g/mol. The van der Waals surface area contributed by atoms with Crippen LogP contribution in [-0.2, 0) is 9.53 Å². The lowest BCUT2D eigenvalue weighted by Gasteiger charge is -2.25. The van der Waals surface area contributed by atoms with Gasteiger partial charge in [-0.2, -0.15) is 0 Å². The Labute approximate surface area is 126 Å². The standard InChI is InChI=1S/C16H25NO2S/c1-13-8-7-9-14(12-13)20-11-6-5-10-16(2,17-3)15(18)19-4/h7-9,12,17H,5-6,10-11H2,1-4H3. The summed E-state index contributed by atoms with van der Waals surface area (Å²) < 4.78 is 4.84. The third kappa shape index (κ3) is 5.17. The van der Waals surface area contributed by atoms with Gasteiger partial charge in [-0.1, -0.05) is 24.1 Å². The summed E-state index contributed by atoms with van der Waals surface area (Å²) in [4.78, 5) is 13.0. The van der Waals surface area contributed by atoms with Crippen molar-refractivity contribution >= 4 is 17.7 Å². The van der Waals surface area contributed by atoms with E-state index >= 15 is 0 Å². The molecule has 0 aromatic heterocycles. The van der Waals surface area contributed by atoms with Crippen molar-refractivity contribution < 1.29 is 9.53 Å². The molecule has 4 heteroatoms. The molecular formula is C16H25NO2S. The second-order valence-electron chi connectivity index (χ2n) is 5.20. The molecule has 0 heterocycles. The number of unbranched alkanes of at least 4 members (excludes halogenated alkanes) is 1. The predicted octanol–water partition coefficient (Wildman–Crippen LogP) is 3.41.